The minimum absolute atomic E-state index is 0.104. The minimum Gasteiger partial charge on any atom is -0.375 e. The second kappa shape index (κ2) is 7.34. The molecule has 8 heteroatoms. The van der Waals surface area contributed by atoms with Crippen LogP contribution in [0.5, 0.6) is 0 Å². The number of anilines is 1. The first-order chi connectivity index (χ1) is 11.2. The van der Waals surface area contributed by atoms with Gasteiger partial charge in [0.25, 0.3) is 0 Å². The molecule has 0 spiro atoms. The molecule has 130 valence electrons. The molecular formula is C16H18F3N3OS. The van der Waals surface area contributed by atoms with Crippen LogP contribution in [-0.4, -0.2) is 29.9 Å². The van der Waals surface area contributed by atoms with Crippen LogP contribution in [0, 0.1) is 17.2 Å². The van der Waals surface area contributed by atoms with Crippen molar-refractivity contribution in [1.82, 2.24) is 5.32 Å². The Morgan fingerprint density at radius 3 is 2.62 bits per heavy atom. The van der Waals surface area contributed by atoms with Gasteiger partial charge in [0.05, 0.1) is 18.4 Å². The molecule has 1 aromatic rings. The van der Waals surface area contributed by atoms with Crippen LogP contribution < -0.4 is 10.6 Å². The molecular weight excluding hydrogens is 339 g/mol. The highest BCUT2D eigenvalue weighted by Crippen LogP contribution is 2.39. The van der Waals surface area contributed by atoms with E-state index in [1.54, 1.807) is 31.2 Å². The summed E-state index contributed by atoms with van der Waals surface area (Å²) in [5, 5.41) is 14.8. The van der Waals surface area contributed by atoms with Crippen LogP contribution in [0.15, 0.2) is 29.2 Å². The first kappa shape index (κ1) is 18.5. The standard InChI is InChI=1S/C16H18F3N3OS/c1-15(9-20,11-6-7-11)22-14(23)8-21-12-4-2-3-5-13(12)24-10-16(17,18)19/h2-5,11,21H,6-8,10H2,1H3,(H,22,23). The second-order valence-corrected chi connectivity index (χ2v) is 6.91. The second-order valence-electron chi connectivity index (χ2n) is 5.89. The number of alkyl halides is 3. The number of para-hydroxylation sites is 1. The third-order valence-electron chi connectivity index (χ3n) is 3.74. The zero-order chi connectivity index (χ0) is 17.8. The van der Waals surface area contributed by atoms with Crippen molar-refractivity contribution in [2.24, 2.45) is 5.92 Å². The predicted octanol–water partition coefficient (Wildman–Crippen LogP) is 3.56. The van der Waals surface area contributed by atoms with Gasteiger partial charge in [-0.15, -0.1) is 11.8 Å². The third-order valence-corrected chi connectivity index (χ3v) is 4.88. The Labute approximate surface area is 142 Å². The summed E-state index contributed by atoms with van der Waals surface area (Å²) in [6.45, 7) is 1.59. The van der Waals surface area contributed by atoms with Gasteiger partial charge in [0, 0.05) is 10.6 Å². The van der Waals surface area contributed by atoms with E-state index in [9.17, 15) is 23.2 Å². The van der Waals surface area contributed by atoms with Gasteiger partial charge in [0.15, 0.2) is 0 Å². The predicted molar refractivity (Wildman–Crippen MR) is 86.6 cm³/mol. The van der Waals surface area contributed by atoms with Gasteiger partial charge >= 0.3 is 6.18 Å². The van der Waals surface area contributed by atoms with Gasteiger partial charge in [0.1, 0.15) is 5.54 Å². The van der Waals surface area contributed by atoms with E-state index in [2.05, 4.69) is 16.7 Å². The number of nitrogens with zero attached hydrogens (tertiary/aromatic N) is 1. The number of carbonyl (C=O) groups is 1. The number of carbonyl (C=O) groups excluding carboxylic acids is 1. The lowest BCUT2D eigenvalue weighted by Gasteiger charge is -2.23. The summed E-state index contributed by atoms with van der Waals surface area (Å²) in [6.07, 6.45) is -2.43. The van der Waals surface area contributed by atoms with Crippen molar-refractivity contribution in [3.05, 3.63) is 24.3 Å². The lowest BCUT2D eigenvalue weighted by molar-refractivity contribution is -0.120. The van der Waals surface area contributed by atoms with Gasteiger partial charge in [-0.25, -0.2) is 0 Å². The van der Waals surface area contributed by atoms with Crippen LogP contribution in [0.3, 0.4) is 0 Å². The zero-order valence-electron chi connectivity index (χ0n) is 13.1. The van der Waals surface area contributed by atoms with Crippen molar-refractivity contribution in [3.8, 4) is 6.07 Å². The van der Waals surface area contributed by atoms with Gasteiger partial charge in [-0.05, 0) is 37.8 Å². The quantitative estimate of drug-likeness (QED) is 0.733. The SMILES string of the molecule is CC(C#N)(NC(=O)CNc1ccccc1SCC(F)(F)F)C1CC1. The molecule has 1 amide bonds. The Bertz CT molecular complexity index is 640. The molecule has 24 heavy (non-hydrogen) atoms. The van der Waals surface area contributed by atoms with E-state index in [0.29, 0.717) is 22.3 Å². The number of rotatable bonds is 7. The summed E-state index contributed by atoms with van der Waals surface area (Å²) in [4.78, 5) is 12.5. The summed E-state index contributed by atoms with van der Waals surface area (Å²) >= 11 is 0.667. The third kappa shape index (κ3) is 5.34. The molecule has 0 aromatic heterocycles. The van der Waals surface area contributed by atoms with Gasteiger partial charge in [-0.1, -0.05) is 12.1 Å². The topological polar surface area (TPSA) is 64.9 Å². The van der Waals surface area contributed by atoms with Gasteiger partial charge < -0.3 is 10.6 Å². The molecule has 0 aliphatic heterocycles. The lowest BCUT2D eigenvalue weighted by atomic mass is 9.98. The Morgan fingerprint density at radius 1 is 1.38 bits per heavy atom. The van der Waals surface area contributed by atoms with Crippen LogP contribution in [0.2, 0.25) is 0 Å². The maximum atomic E-state index is 12.4. The number of nitrogens with one attached hydrogen (secondary N) is 2. The summed E-state index contributed by atoms with van der Waals surface area (Å²) < 4.78 is 37.1. The average Bonchev–Trinajstić information content (AvgIpc) is 3.36. The zero-order valence-corrected chi connectivity index (χ0v) is 13.9. The molecule has 1 atom stereocenters. The molecule has 0 bridgehead atoms. The average molecular weight is 357 g/mol. The van der Waals surface area contributed by atoms with Crippen molar-refractivity contribution >= 4 is 23.4 Å². The minimum atomic E-state index is -4.26. The van der Waals surface area contributed by atoms with E-state index in [1.165, 1.54) is 0 Å². The highest BCUT2D eigenvalue weighted by molar-refractivity contribution is 7.99. The van der Waals surface area contributed by atoms with E-state index in [-0.39, 0.29) is 18.4 Å². The maximum Gasteiger partial charge on any atom is 0.398 e. The number of benzene rings is 1. The van der Waals surface area contributed by atoms with Crippen LogP contribution in [0.1, 0.15) is 19.8 Å². The summed E-state index contributed by atoms with van der Waals surface area (Å²) in [5.74, 6) is -1.19. The first-order valence-corrected chi connectivity index (χ1v) is 8.47. The normalized spacial score (nSPS) is 16.8. The molecule has 1 aliphatic carbocycles. The molecule has 1 aromatic carbocycles. The Morgan fingerprint density at radius 2 is 2.04 bits per heavy atom. The van der Waals surface area contributed by atoms with Gasteiger partial charge in [-0.3, -0.25) is 4.79 Å². The molecule has 2 N–H and O–H groups in total. The van der Waals surface area contributed by atoms with Gasteiger partial charge in [0.2, 0.25) is 5.91 Å². The van der Waals surface area contributed by atoms with Crippen molar-refractivity contribution in [2.75, 3.05) is 17.6 Å². The lowest BCUT2D eigenvalue weighted by Crippen LogP contribution is -2.48. The Hall–Kier alpha value is -1.88. The Balaban J connectivity index is 1.92. The summed E-state index contributed by atoms with van der Waals surface area (Å²) in [7, 11) is 0. The number of hydrogen-bond acceptors (Lipinski definition) is 4. The fourth-order valence-electron chi connectivity index (χ4n) is 2.29. The van der Waals surface area contributed by atoms with Crippen LogP contribution in [0.25, 0.3) is 0 Å². The van der Waals surface area contributed by atoms with E-state index < -0.39 is 17.5 Å². The molecule has 0 radical (unpaired) electrons. The van der Waals surface area contributed by atoms with Crippen molar-refractivity contribution < 1.29 is 18.0 Å². The van der Waals surface area contributed by atoms with Crippen LogP contribution >= 0.6 is 11.8 Å². The van der Waals surface area contributed by atoms with E-state index in [0.717, 1.165) is 12.8 Å². The summed E-state index contributed by atoms with van der Waals surface area (Å²) in [5.41, 5.74) is -0.421. The van der Waals surface area contributed by atoms with Crippen molar-refractivity contribution in [3.63, 3.8) is 0 Å². The molecule has 0 saturated heterocycles. The van der Waals surface area contributed by atoms with E-state index in [4.69, 9.17) is 0 Å². The highest BCUT2D eigenvalue weighted by Gasteiger charge is 2.42. The van der Waals surface area contributed by atoms with Crippen LogP contribution in [-0.2, 0) is 4.79 Å². The number of hydrogen-bond donors (Lipinski definition) is 2. The number of halogens is 3. The van der Waals surface area contributed by atoms with Gasteiger partial charge in [-0.2, -0.15) is 18.4 Å². The largest absolute Gasteiger partial charge is 0.398 e. The first-order valence-electron chi connectivity index (χ1n) is 7.48. The molecule has 4 nitrogen and oxygen atoms in total. The van der Waals surface area contributed by atoms with Crippen molar-refractivity contribution in [2.45, 2.75) is 36.4 Å². The molecule has 2 rings (SSSR count). The monoisotopic (exact) mass is 357 g/mol. The van der Waals surface area contributed by atoms with E-state index >= 15 is 0 Å². The Kier molecular flexibility index (Phi) is 5.65. The molecule has 1 fully saturated rings. The van der Waals surface area contributed by atoms with Crippen LogP contribution in [0.4, 0.5) is 18.9 Å². The fraction of sp³-hybridized carbons (Fsp3) is 0.500. The maximum absolute atomic E-state index is 12.4. The number of thioether (sulfide) groups is 1. The fourth-order valence-corrected chi connectivity index (χ4v) is 3.08. The smallest absolute Gasteiger partial charge is 0.375 e. The van der Waals surface area contributed by atoms with Crippen molar-refractivity contribution in [1.29, 1.82) is 5.26 Å². The molecule has 0 heterocycles. The number of amides is 1. The molecule has 1 aliphatic rings. The number of nitriles is 1. The molecule has 1 unspecified atom stereocenters. The van der Waals surface area contributed by atoms with E-state index in [1.807, 2.05) is 0 Å². The summed E-state index contributed by atoms with van der Waals surface area (Å²) in [6, 6.07) is 8.64. The molecule has 1 saturated carbocycles. The highest BCUT2D eigenvalue weighted by atomic mass is 32.2.